The fraction of sp³-hybridized carbons (Fsp3) is 0.364. The quantitative estimate of drug-likeness (QED) is 0.898. The third-order valence-corrected chi connectivity index (χ3v) is 3.09. The van der Waals surface area contributed by atoms with E-state index in [0.717, 1.165) is 0 Å². The lowest BCUT2D eigenvalue weighted by atomic mass is 10.3. The van der Waals surface area contributed by atoms with E-state index in [9.17, 15) is 13.2 Å². The monoisotopic (exact) mass is 272 g/mol. The van der Waals surface area contributed by atoms with Crippen LogP contribution in [0.15, 0.2) is 29.2 Å². The van der Waals surface area contributed by atoms with Crippen LogP contribution in [-0.4, -0.2) is 27.7 Å². The highest BCUT2D eigenvalue weighted by Crippen LogP contribution is 2.17. The number of amides is 1. The predicted molar refractivity (Wildman–Crippen MR) is 67.8 cm³/mol. The number of ether oxygens (including phenoxy) is 1. The second-order valence-electron chi connectivity index (χ2n) is 4.03. The number of primary sulfonamides is 1. The Morgan fingerprint density at radius 2 is 1.78 bits per heavy atom. The Hall–Kier alpha value is -1.60. The van der Waals surface area contributed by atoms with Crippen LogP contribution in [0.2, 0.25) is 0 Å². The molecule has 0 spiro atoms. The summed E-state index contributed by atoms with van der Waals surface area (Å²) in [5, 5.41) is 4.98. The molecule has 0 saturated carbocycles. The molecule has 1 aromatic rings. The van der Waals surface area contributed by atoms with Crippen molar-refractivity contribution < 1.29 is 17.9 Å². The van der Waals surface area contributed by atoms with E-state index < -0.39 is 16.1 Å². The SMILES string of the molecule is CC(C)OC(=O)N(C)c1ccc(S(N)(=O)=O)cc1. The first-order chi connectivity index (χ1) is 8.21. The van der Waals surface area contributed by atoms with Crippen molar-refractivity contribution in [2.24, 2.45) is 5.14 Å². The summed E-state index contributed by atoms with van der Waals surface area (Å²) >= 11 is 0. The van der Waals surface area contributed by atoms with Crippen molar-refractivity contribution in [3.8, 4) is 0 Å². The summed E-state index contributed by atoms with van der Waals surface area (Å²) in [5.74, 6) is 0. The van der Waals surface area contributed by atoms with Gasteiger partial charge in [-0.15, -0.1) is 0 Å². The molecular formula is C11H16N2O4S. The highest BCUT2D eigenvalue weighted by atomic mass is 32.2. The zero-order valence-electron chi connectivity index (χ0n) is 10.5. The fourth-order valence-corrected chi connectivity index (χ4v) is 1.76. The summed E-state index contributed by atoms with van der Waals surface area (Å²) < 4.78 is 27.1. The number of hydrogen-bond acceptors (Lipinski definition) is 4. The van der Waals surface area contributed by atoms with Gasteiger partial charge in [-0.2, -0.15) is 0 Å². The molecule has 0 fully saturated rings. The average molecular weight is 272 g/mol. The van der Waals surface area contributed by atoms with E-state index in [-0.39, 0.29) is 11.0 Å². The molecule has 0 aromatic heterocycles. The molecule has 0 radical (unpaired) electrons. The molecule has 1 amide bonds. The lowest BCUT2D eigenvalue weighted by Crippen LogP contribution is -2.29. The van der Waals surface area contributed by atoms with Gasteiger partial charge in [0.15, 0.2) is 0 Å². The van der Waals surface area contributed by atoms with Crippen molar-refractivity contribution in [3.05, 3.63) is 24.3 Å². The van der Waals surface area contributed by atoms with Gasteiger partial charge in [-0.3, -0.25) is 4.90 Å². The Balaban J connectivity index is 2.89. The molecule has 100 valence electrons. The maximum absolute atomic E-state index is 11.6. The molecule has 0 aliphatic rings. The molecule has 7 heteroatoms. The summed E-state index contributed by atoms with van der Waals surface area (Å²) in [5.41, 5.74) is 0.521. The molecule has 1 aromatic carbocycles. The van der Waals surface area contributed by atoms with E-state index in [2.05, 4.69) is 0 Å². The Labute approximate surface area is 106 Å². The van der Waals surface area contributed by atoms with Crippen molar-refractivity contribution in [2.45, 2.75) is 24.8 Å². The number of sulfonamides is 1. The Bertz CT molecular complexity index is 522. The van der Waals surface area contributed by atoms with Crippen LogP contribution in [0.5, 0.6) is 0 Å². The minimum absolute atomic E-state index is 0.00289. The van der Waals surface area contributed by atoms with Crippen LogP contribution in [0.3, 0.4) is 0 Å². The van der Waals surface area contributed by atoms with Gasteiger partial charge < -0.3 is 4.74 Å². The highest BCUT2D eigenvalue weighted by molar-refractivity contribution is 7.89. The molecule has 6 nitrogen and oxygen atoms in total. The number of benzene rings is 1. The first-order valence-corrected chi connectivity index (χ1v) is 6.83. The third kappa shape index (κ3) is 3.71. The fourth-order valence-electron chi connectivity index (χ4n) is 1.25. The van der Waals surface area contributed by atoms with Gasteiger partial charge in [0, 0.05) is 12.7 Å². The number of nitrogens with two attached hydrogens (primary N) is 1. The van der Waals surface area contributed by atoms with E-state index in [4.69, 9.17) is 9.88 Å². The molecule has 2 N–H and O–H groups in total. The average Bonchev–Trinajstić information content (AvgIpc) is 2.26. The van der Waals surface area contributed by atoms with Crippen LogP contribution >= 0.6 is 0 Å². The molecule has 18 heavy (non-hydrogen) atoms. The second-order valence-corrected chi connectivity index (χ2v) is 5.59. The lowest BCUT2D eigenvalue weighted by Gasteiger charge is -2.18. The van der Waals surface area contributed by atoms with Crippen molar-refractivity contribution >= 4 is 21.8 Å². The second kappa shape index (κ2) is 5.36. The Kier molecular flexibility index (Phi) is 4.31. The summed E-state index contributed by atoms with van der Waals surface area (Å²) in [7, 11) is -2.18. The Morgan fingerprint density at radius 1 is 1.28 bits per heavy atom. The van der Waals surface area contributed by atoms with Crippen molar-refractivity contribution in [2.75, 3.05) is 11.9 Å². The van der Waals surface area contributed by atoms with E-state index >= 15 is 0 Å². The van der Waals surface area contributed by atoms with Gasteiger partial charge in [0.1, 0.15) is 0 Å². The normalized spacial score (nSPS) is 11.4. The van der Waals surface area contributed by atoms with Gasteiger partial charge in [0.2, 0.25) is 10.0 Å². The van der Waals surface area contributed by atoms with Crippen molar-refractivity contribution in [3.63, 3.8) is 0 Å². The molecule has 1 rings (SSSR count). The smallest absolute Gasteiger partial charge is 0.414 e. The minimum Gasteiger partial charge on any atom is -0.446 e. The van der Waals surface area contributed by atoms with E-state index in [0.29, 0.717) is 5.69 Å². The van der Waals surface area contributed by atoms with Crippen molar-refractivity contribution in [1.82, 2.24) is 0 Å². The van der Waals surface area contributed by atoms with Crippen LogP contribution < -0.4 is 10.0 Å². The van der Waals surface area contributed by atoms with Gasteiger partial charge in [-0.05, 0) is 38.1 Å². The van der Waals surface area contributed by atoms with E-state index in [1.807, 2.05) is 0 Å². The highest BCUT2D eigenvalue weighted by Gasteiger charge is 2.14. The standard InChI is InChI=1S/C11H16N2O4S/c1-8(2)17-11(14)13(3)9-4-6-10(7-5-9)18(12,15)16/h4-8H,1-3H3,(H2,12,15,16). The summed E-state index contributed by atoms with van der Waals surface area (Å²) in [6, 6.07) is 5.65. The number of anilines is 1. The van der Waals surface area contributed by atoms with E-state index in [1.165, 1.54) is 36.2 Å². The van der Waals surface area contributed by atoms with Gasteiger partial charge in [0.05, 0.1) is 11.0 Å². The lowest BCUT2D eigenvalue weighted by molar-refractivity contribution is 0.124. The van der Waals surface area contributed by atoms with Crippen molar-refractivity contribution in [1.29, 1.82) is 0 Å². The van der Waals surface area contributed by atoms with Gasteiger partial charge in [-0.1, -0.05) is 0 Å². The first kappa shape index (κ1) is 14.5. The third-order valence-electron chi connectivity index (χ3n) is 2.16. The van der Waals surface area contributed by atoms with Crippen LogP contribution in [0.25, 0.3) is 0 Å². The van der Waals surface area contributed by atoms with Crippen LogP contribution in [0.1, 0.15) is 13.8 Å². The number of rotatable bonds is 3. The number of hydrogen-bond donors (Lipinski definition) is 1. The van der Waals surface area contributed by atoms with Crippen LogP contribution in [-0.2, 0) is 14.8 Å². The zero-order chi connectivity index (χ0) is 13.9. The minimum atomic E-state index is -3.72. The largest absolute Gasteiger partial charge is 0.446 e. The van der Waals surface area contributed by atoms with E-state index in [1.54, 1.807) is 13.8 Å². The number of carbonyl (C=O) groups is 1. The molecule has 0 atom stereocenters. The van der Waals surface area contributed by atoms with Gasteiger partial charge >= 0.3 is 6.09 Å². The molecule has 0 unspecified atom stereocenters. The predicted octanol–water partition coefficient (Wildman–Crippen LogP) is 1.32. The Morgan fingerprint density at radius 3 is 2.17 bits per heavy atom. The van der Waals surface area contributed by atoms with Gasteiger partial charge in [-0.25, -0.2) is 18.4 Å². The molecule has 0 bridgehead atoms. The summed E-state index contributed by atoms with van der Waals surface area (Å²) in [4.78, 5) is 12.9. The summed E-state index contributed by atoms with van der Waals surface area (Å²) in [6.45, 7) is 3.49. The van der Waals surface area contributed by atoms with Crippen LogP contribution in [0, 0.1) is 0 Å². The maximum Gasteiger partial charge on any atom is 0.414 e. The number of carbonyl (C=O) groups excluding carboxylic acids is 1. The number of nitrogens with zero attached hydrogens (tertiary/aromatic N) is 1. The molecular weight excluding hydrogens is 256 g/mol. The molecule has 0 aliphatic carbocycles. The molecule has 0 heterocycles. The molecule has 0 saturated heterocycles. The van der Waals surface area contributed by atoms with Gasteiger partial charge in [0.25, 0.3) is 0 Å². The topological polar surface area (TPSA) is 89.7 Å². The molecule has 0 aliphatic heterocycles. The zero-order valence-corrected chi connectivity index (χ0v) is 11.3. The summed E-state index contributed by atoms with van der Waals surface area (Å²) in [6.07, 6.45) is -0.725. The van der Waals surface area contributed by atoms with Crippen LogP contribution in [0.4, 0.5) is 10.5 Å². The maximum atomic E-state index is 11.6. The first-order valence-electron chi connectivity index (χ1n) is 5.29.